The summed E-state index contributed by atoms with van der Waals surface area (Å²) in [5.41, 5.74) is 5.55. The lowest BCUT2D eigenvalue weighted by molar-refractivity contribution is -0.121. The van der Waals surface area contributed by atoms with Crippen molar-refractivity contribution in [2.24, 2.45) is 11.7 Å². The van der Waals surface area contributed by atoms with Gasteiger partial charge in [0.1, 0.15) is 0 Å². The Morgan fingerprint density at radius 2 is 2.00 bits per heavy atom. The molecule has 3 N–H and O–H groups in total. The van der Waals surface area contributed by atoms with E-state index in [2.05, 4.69) is 12.2 Å². The lowest BCUT2D eigenvalue weighted by Gasteiger charge is -2.13. The monoisotopic (exact) mass is 288 g/mol. The minimum atomic E-state index is 0.153. The minimum absolute atomic E-state index is 0.153. The molecule has 0 radical (unpaired) electrons. The fourth-order valence-corrected chi connectivity index (χ4v) is 2.01. The number of rotatable bonds is 14. The van der Waals surface area contributed by atoms with E-state index in [1.54, 1.807) is 7.11 Å². The predicted molar refractivity (Wildman–Crippen MR) is 81.6 cm³/mol. The van der Waals surface area contributed by atoms with E-state index < -0.39 is 0 Å². The molecule has 0 aliphatic heterocycles. The van der Waals surface area contributed by atoms with Crippen LogP contribution in [0.5, 0.6) is 0 Å². The molecule has 0 fully saturated rings. The van der Waals surface area contributed by atoms with Crippen LogP contribution in [-0.2, 0) is 14.3 Å². The third-order valence-corrected chi connectivity index (χ3v) is 3.40. The van der Waals surface area contributed by atoms with Gasteiger partial charge in [-0.05, 0) is 38.1 Å². The molecule has 0 aromatic carbocycles. The molecule has 0 aliphatic carbocycles. The molecule has 0 saturated carbocycles. The third kappa shape index (κ3) is 12.4. The number of hydrogen-bond acceptors (Lipinski definition) is 4. The zero-order valence-corrected chi connectivity index (χ0v) is 13.2. The first-order chi connectivity index (χ1) is 9.74. The highest BCUT2D eigenvalue weighted by atomic mass is 16.5. The molecule has 20 heavy (non-hydrogen) atoms. The van der Waals surface area contributed by atoms with Crippen LogP contribution in [-0.4, -0.2) is 45.9 Å². The van der Waals surface area contributed by atoms with E-state index >= 15 is 0 Å². The summed E-state index contributed by atoms with van der Waals surface area (Å²) >= 11 is 0. The average Bonchev–Trinajstić information content (AvgIpc) is 2.46. The van der Waals surface area contributed by atoms with Crippen LogP contribution < -0.4 is 11.1 Å². The van der Waals surface area contributed by atoms with Gasteiger partial charge in [-0.2, -0.15) is 0 Å². The summed E-state index contributed by atoms with van der Waals surface area (Å²) in [7, 11) is 1.66. The van der Waals surface area contributed by atoms with Crippen LogP contribution in [0.3, 0.4) is 0 Å². The number of nitrogens with one attached hydrogen (secondary N) is 1. The number of unbranched alkanes of at least 4 members (excludes halogenated alkanes) is 1. The van der Waals surface area contributed by atoms with E-state index in [4.69, 9.17) is 15.2 Å². The number of amides is 1. The van der Waals surface area contributed by atoms with Crippen molar-refractivity contribution in [1.82, 2.24) is 5.32 Å². The summed E-state index contributed by atoms with van der Waals surface area (Å²) in [5, 5.41) is 2.96. The molecule has 0 bridgehead atoms. The van der Waals surface area contributed by atoms with Gasteiger partial charge >= 0.3 is 0 Å². The Bertz CT molecular complexity index is 225. The van der Waals surface area contributed by atoms with E-state index in [1.165, 1.54) is 0 Å². The van der Waals surface area contributed by atoms with Gasteiger partial charge in [-0.3, -0.25) is 4.79 Å². The minimum Gasteiger partial charge on any atom is -0.382 e. The van der Waals surface area contributed by atoms with Crippen molar-refractivity contribution in [3.8, 4) is 0 Å². The van der Waals surface area contributed by atoms with E-state index in [-0.39, 0.29) is 5.91 Å². The second-order valence-electron chi connectivity index (χ2n) is 5.05. The third-order valence-electron chi connectivity index (χ3n) is 3.40. The standard InChI is InChI=1S/C15H32N2O3/c1-3-14(8-9-16)6-7-15(18)17-10-4-5-11-20-13-12-19-2/h14H,3-13,16H2,1-2H3,(H,17,18). The molecule has 5 heteroatoms. The van der Waals surface area contributed by atoms with Crippen molar-refractivity contribution >= 4 is 5.91 Å². The van der Waals surface area contributed by atoms with Crippen LogP contribution in [0.25, 0.3) is 0 Å². The van der Waals surface area contributed by atoms with Gasteiger partial charge in [-0.25, -0.2) is 0 Å². The van der Waals surface area contributed by atoms with Gasteiger partial charge in [0, 0.05) is 26.7 Å². The van der Waals surface area contributed by atoms with Crippen molar-refractivity contribution in [2.75, 3.05) is 40.0 Å². The van der Waals surface area contributed by atoms with Crippen LogP contribution in [0.2, 0.25) is 0 Å². The fourth-order valence-electron chi connectivity index (χ4n) is 2.01. The fraction of sp³-hybridized carbons (Fsp3) is 0.933. The zero-order chi connectivity index (χ0) is 15.1. The Labute approximate surface area is 123 Å². The molecule has 1 atom stereocenters. The number of methoxy groups -OCH3 is 1. The van der Waals surface area contributed by atoms with Crippen molar-refractivity contribution < 1.29 is 14.3 Å². The van der Waals surface area contributed by atoms with Crippen LogP contribution in [0, 0.1) is 5.92 Å². The molecular formula is C15H32N2O3. The number of hydrogen-bond donors (Lipinski definition) is 2. The Balaban J connectivity index is 3.36. The quantitative estimate of drug-likeness (QED) is 0.477. The number of nitrogens with two attached hydrogens (primary N) is 1. The summed E-state index contributed by atoms with van der Waals surface area (Å²) in [6, 6.07) is 0. The van der Waals surface area contributed by atoms with Crippen LogP contribution in [0.15, 0.2) is 0 Å². The zero-order valence-electron chi connectivity index (χ0n) is 13.2. The van der Waals surface area contributed by atoms with Gasteiger partial charge in [0.15, 0.2) is 0 Å². The van der Waals surface area contributed by atoms with Crippen LogP contribution in [0.1, 0.15) is 45.4 Å². The molecule has 0 aromatic heterocycles. The van der Waals surface area contributed by atoms with Gasteiger partial charge in [-0.15, -0.1) is 0 Å². The van der Waals surface area contributed by atoms with Gasteiger partial charge in [0.2, 0.25) is 5.91 Å². The maximum Gasteiger partial charge on any atom is 0.220 e. The lowest BCUT2D eigenvalue weighted by atomic mass is 9.96. The normalized spacial score (nSPS) is 12.3. The maximum atomic E-state index is 11.7. The molecule has 0 rings (SSSR count). The summed E-state index contributed by atoms with van der Waals surface area (Å²) in [6.45, 7) is 5.61. The van der Waals surface area contributed by atoms with Gasteiger partial charge in [0.25, 0.3) is 0 Å². The van der Waals surface area contributed by atoms with Crippen molar-refractivity contribution in [3.05, 3.63) is 0 Å². The van der Waals surface area contributed by atoms with Crippen LogP contribution in [0.4, 0.5) is 0 Å². The molecule has 0 aliphatic rings. The predicted octanol–water partition coefficient (Wildman–Crippen LogP) is 1.70. The first-order valence-corrected chi connectivity index (χ1v) is 7.78. The highest BCUT2D eigenvalue weighted by Gasteiger charge is 2.08. The van der Waals surface area contributed by atoms with E-state index in [0.717, 1.165) is 45.3 Å². The van der Waals surface area contributed by atoms with Crippen molar-refractivity contribution in [1.29, 1.82) is 0 Å². The van der Waals surface area contributed by atoms with Gasteiger partial charge in [-0.1, -0.05) is 13.3 Å². The summed E-state index contributed by atoms with van der Waals surface area (Å²) in [4.78, 5) is 11.7. The van der Waals surface area contributed by atoms with E-state index in [1.807, 2.05) is 0 Å². The number of carbonyl (C=O) groups excluding carboxylic acids is 1. The second kappa shape index (κ2) is 14.8. The molecule has 1 unspecified atom stereocenters. The second-order valence-corrected chi connectivity index (χ2v) is 5.05. The summed E-state index contributed by atoms with van der Waals surface area (Å²) in [6.07, 6.45) is 5.60. The molecule has 0 aromatic rings. The number of ether oxygens (including phenoxy) is 2. The highest BCUT2D eigenvalue weighted by Crippen LogP contribution is 2.14. The highest BCUT2D eigenvalue weighted by molar-refractivity contribution is 5.75. The molecule has 0 heterocycles. The van der Waals surface area contributed by atoms with Crippen molar-refractivity contribution in [3.63, 3.8) is 0 Å². The van der Waals surface area contributed by atoms with E-state index in [0.29, 0.717) is 32.1 Å². The topological polar surface area (TPSA) is 73.6 Å². The molecule has 0 spiro atoms. The maximum absolute atomic E-state index is 11.7. The average molecular weight is 288 g/mol. The van der Waals surface area contributed by atoms with Crippen LogP contribution >= 0.6 is 0 Å². The van der Waals surface area contributed by atoms with Gasteiger partial charge in [0.05, 0.1) is 13.2 Å². The van der Waals surface area contributed by atoms with Gasteiger partial charge < -0.3 is 20.5 Å². The Kier molecular flexibility index (Phi) is 14.3. The molecule has 120 valence electrons. The van der Waals surface area contributed by atoms with Crippen molar-refractivity contribution in [2.45, 2.75) is 45.4 Å². The van der Waals surface area contributed by atoms with E-state index in [9.17, 15) is 4.79 Å². The first-order valence-electron chi connectivity index (χ1n) is 7.78. The first kappa shape index (κ1) is 19.4. The molecule has 0 saturated heterocycles. The SMILES string of the molecule is CCC(CCN)CCC(=O)NCCCCOCCOC. The Hall–Kier alpha value is -0.650. The number of carbonyl (C=O) groups is 1. The molecule has 5 nitrogen and oxygen atoms in total. The Morgan fingerprint density at radius 1 is 1.20 bits per heavy atom. The Morgan fingerprint density at radius 3 is 2.65 bits per heavy atom. The largest absolute Gasteiger partial charge is 0.382 e. The summed E-state index contributed by atoms with van der Waals surface area (Å²) < 4.78 is 10.2. The molecule has 1 amide bonds. The lowest BCUT2D eigenvalue weighted by Crippen LogP contribution is -2.25. The molecular weight excluding hydrogens is 256 g/mol. The summed E-state index contributed by atoms with van der Waals surface area (Å²) in [5.74, 6) is 0.737. The smallest absolute Gasteiger partial charge is 0.220 e.